The summed E-state index contributed by atoms with van der Waals surface area (Å²) in [6.45, 7) is 14.2. The van der Waals surface area contributed by atoms with Gasteiger partial charge in [-0.05, 0) is 64.1 Å². The van der Waals surface area contributed by atoms with E-state index in [2.05, 4.69) is 13.8 Å². The first-order valence-corrected chi connectivity index (χ1v) is 11.6. The molecule has 1 saturated heterocycles. The van der Waals surface area contributed by atoms with Crippen molar-refractivity contribution in [3.8, 4) is 0 Å². The molecule has 0 bridgehead atoms. The van der Waals surface area contributed by atoms with E-state index in [-0.39, 0.29) is 29.7 Å². The summed E-state index contributed by atoms with van der Waals surface area (Å²) in [4.78, 5) is 24.7. The Morgan fingerprint density at radius 3 is 2.26 bits per heavy atom. The summed E-state index contributed by atoms with van der Waals surface area (Å²) in [6.07, 6.45) is 2.34. The van der Waals surface area contributed by atoms with Crippen LogP contribution in [0.1, 0.15) is 53.9 Å². The topological polar surface area (TPSA) is 70.0 Å². The number of aliphatic hydroxyl groups is 1. The fourth-order valence-electron chi connectivity index (χ4n) is 3.07. The third-order valence-electron chi connectivity index (χ3n) is 5.16. The van der Waals surface area contributed by atoms with E-state index in [1.807, 2.05) is 33.9 Å². The number of nitrogens with zero attached hydrogens (tertiary/aromatic N) is 1. The van der Waals surface area contributed by atoms with Crippen LogP contribution in [0, 0.1) is 5.92 Å². The first kappa shape index (κ1) is 20.5. The standard InChI is InChI=1S/C17H35NO4Si/c1-16(2,3)22-15(20)18-10-8-9-13(14(18)12-19)11-17(4,5)23(6,7)21/h13-14,19,21H,8-12H2,1-7H3. The molecule has 0 aromatic carbocycles. The molecule has 2 unspecified atom stereocenters. The van der Waals surface area contributed by atoms with Gasteiger partial charge in [0.2, 0.25) is 0 Å². The van der Waals surface area contributed by atoms with E-state index < -0.39 is 13.9 Å². The van der Waals surface area contributed by atoms with Crippen molar-refractivity contribution in [1.29, 1.82) is 0 Å². The third-order valence-corrected chi connectivity index (χ3v) is 8.68. The smallest absolute Gasteiger partial charge is 0.410 e. The Morgan fingerprint density at radius 1 is 1.26 bits per heavy atom. The van der Waals surface area contributed by atoms with Gasteiger partial charge in [0.1, 0.15) is 5.60 Å². The quantitative estimate of drug-likeness (QED) is 0.767. The van der Waals surface area contributed by atoms with E-state index in [1.165, 1.54) is 0 Å². The molecular formula is C17H35NO4Si. The van der Waals surface area contributed by atoms with E-state index in [4.69, 9.17) is 4.74 Å². The van der Waals surface area contributed by atoms with Crippen molar-refractivity contribution in [3.63, 3.8) is 0 Å². The average Bonchev–Trinajstić information content (AvgIpc) is 2.34. The molecule has 0 aromatic heterocycles. The third kappa shape index (κ3) is 5.47. The second-order valence-electron chi connectivity index (χ2n) is 8.97. The van der Waals surface area contributed by atoms with Gasteiger partial charge >= 0.3 is 6.09 Å². The lowest BCUT2D eigenvalue weighted by atomic mass is 9.83. The molecule has 0 radical (unpaired) electrons. The summed E-state index contributed by atoms with van der Waals surface area (Å²) < 4.78 is 5.49. The Balaban J connectivity index is 2.88. The van der Waals surface area contributed by atoms with E-state index in [1.54, 1.807) is 4.90 Å². The molecule has 0 saturated carbocycles. The van der Waals surface area contributed by atoms with Crippen molar-refractivity contribution in [1.82, 2.24) is 4.90 Å². The summed E-state index contributed by atoms with van der Waals surface area (Å²) in [6, 6.07) is -0.228. The van der Waals surface area contributed by atoms with Crippen LogP contribution in [0.5, 0.6) is 0 Å². The highest BCUT2D eigenvalue weighted by Crippen LogP contribution is 2.44. The Morgan fingerprint density at radius 2 is 1.83 bits per heavy atom. The van der Waals surface area contributed by atoms with Crippen molar-refractivity contribution in [2.45, 2.75) is 83.7 Å². The summed E-state index contributed by atoms with van der Waals surface area (Å²) >= 11 is 0. The molecule has 0 aromatic rings. The zero-order chi connectivity index (χ0) is 18.1. The molecule has 1 aliphatic rings. The van der Waals surface area contributed by atoms with E-state index in [0.717, 1.165) is 19.3 Å². The Hall–Kier alpha value is -0.593. The lowest BCUT2D eigenvalue weighted by molar-refractivity contribution is -0.0137. The van der Waals surface area contributed by atoms with E-state index >= 15 is 0 Å². The molecule has 5 nitrogen and oxygen atoms in total. The highest BCUT2D eigenvalue weighted by Gasteiger charge is 2.44. The number of carbonyl (C=O) groups excluding carboxylic acids is 1. The van der Waals surface area contributed by atoms with Crippen LogP contribution in [0.2, 0.25) is 18.1 Å². The number of likely N-dealkylation sites (tertiary alicyclic amines) is 1. The fraction of sp³-hybridized carbons (Fsp3) is 0.941. The molecule has 1 fully saturated rings. The maximum absolute atomic E-state index is 12.4. The number of hydrogen-bond donors (Lipinski definition) is 2. The number of amides is 1. The molecule has 2 N–H and O–H groups in total. The van der Waals surface area contributed by atoms with Gasteiger partial charge in [0.25, 0.3) is 0 Å². The molecule has 1 aliphatic heterocycles. The Bertz CT molecular complexity index is 412. The minimum absolute atomic E-state index is 0.0621. The zero-order valence-electron chi connectivity index (χ0n) is 15.8. The van der Waals surface area contributed by atoms with Crippen molar-refractivity contribution in [2.24, 2.45) is 5.92 Å². The highest BCUT2D eigenvalue weighted by atomic mass is 28.4. The summed E-state index contributed by atoms with van der Waals surface area (Å²) in [5.74, 6) is 0.190. The van der Waals surface area contributed by atoms with Gasteiger partial charge in [-0.25, -0.2) is 4.79 Å². The molecule has 1 rings (SSSR count). The largest absolute Gasteiger partial charge is 0.444 e. The number of carbonyl (C=O) groups is 1. The van der Waals surface area contributed by atoms with Gasteiger partial charge in [0, 0.05) is 6.54 Å². The number of hydrogen-bond acceptors (Lipinski definition) is 4. The molecule has 1 amide bonds. The van der Waals surface area contributed by atoms with Crippen LogP contribution in [0.15, 0.2) is 0 Å². The monoisotopic (exact) mass is 345 g/mol. The maximum atomic E-state index is 12.4. The van der Waals surface area contributed by atoms with E-state index in [9.17, 15) is 14.7 Å². The summed E-state index contributed by atoms with van der Waals surface area (Å²) in [5.41, 5.74) is -0.538. The zero-order valence-corrected chi connectivity index (χ0v) is 16.8. The second-order valence-corrected chi connectivity index (χ2v) is 13.4. The summed E-state index contributed by atoms with van der Waals surface area (Å²) in [5, 5.41) is 9.71. The number of piperidine rings is 1. The van der Waals surface area contributed by atoms with Crippen molar-refractivity contribution in [2.75, 3.05) is 13.2 Å². The van der Waals surface area contributed by atoms with Gasteiger partial charge in [0.05, 0.1) is 12.6 Å². The van der Waals surface area contributed by atoms with Crippen LogP contribution >= 0.6 is 0 Å². The minimum Gasteiger partial charge on any atom is -0.444 e. The van der Waals surface area contributed by atoms with Crippen LogP contribution in [-0.4, -0.2) is 54.0 Å². The Kier molecular flexibility index (Phi) is 6.32. The second kappa shape index (κ2) is 7.11. The average molecular weight is 346 g/mol. The minimum atomic E-state index is -2.31. The van der Waals surface area contributed by atoms with Crippen LogP contribution < -0.4 is 0 Å². The van der Waals surface area contributed by atoms with Crippen molar-refractivity contribution in [3.05, 3.63) is 0 Å². The van der Waals surface area contributed by atoms with Crippen LogP contribution in [0.25, 0.3) is 0 Å². The fourth-order valence-corrected chi connectivity index (χ4v) is 3.84. The highest BCUT2D eigenvalue weighted by molar-refractivity contribution is 6.72. The molecule has 23 heavy (non-hydrogen) atoms. The maximum Gasteiger partial charge on any atom is 0.410 e. The van der Waals surface area contributed by atoms with Gasteiger partial charge in [-0.15, -0.1) is 0 Å². The van der Waals surface area contributed by atoms with Gasteiger partial charge in [-0.3, -0.25) is 0 Å². The van der Waals surface area contributed by atoms with Crippen LogP contribution in [0.3, 0.4) is 0 Å². The van der Waals surface area contributed by atoms with Gasteiger partial charge in [-0.1, -0.05) is 13.8 Å². The first-order chi connectivity index (χ1) is 10.3. The summed E-state index contributed by atoms with van der Waals surface area (Å²) in [7, 11) is -2.31. The molecule has 6 heteroatoms. The molecule has 0 aliphatic carbocycles. The molecule has 2 atom stereocenters. The predicted octanol–water partition coefficient (Wildman–Crippen LogP) is 3.36. The predicted molar refractivity (Wildman–Crippen MR) is 94.9 cm³/mol. The van der Waals surface area contributed by atoms with E-state index in [0.29, 0.717) is 6.54 Å². The normalized spacial score (nSPS) is 23.8. The first-order valence-electron chi connectivity index (χ1n) is 8.61. The van der Waals surface area contributed by atoms with Crippen molar-refractivity contribution >= 4 is 14.4 Å². The molecule has 136 valence electrons. The number of rotatable bonds is 4. The van der Waals surface area contributed by atoms with Crippen LogP contribution in [-0.2, 0) is 4.74 Å². The van der Waals surface area contributed by atoms with Crippen molar-refractivity contribution < 1.29 is 19.4 Å². The number of ether oxygens (including phenoxy) is 1. The van der Waals surface area contributed by atoms with Gasteiger partial charge in [-0.2, -0.15) is 0 Å². The Labute approximate surface area is 142 Å². The molecule has 1 heterocycles. The molecular weight excluding hydrogens is 310 g/mol. The van der Waals surface area contributed by atoms with Gasteiger partial charge in [0.15, 0.2) is 8.32 Å². The lowest BCUT2D eigenvalue weighted by Crippen LogP contribution is -2.53. The van der Waals surface area contributed by atoms with Crippen LogP contribution in [0.4, 0.5) is 4.79 Å². The molecule has 0 spiro atoms. The lowest BCUT2D eigenvalue weighted by Gasteiger charge is -2.45. The number of aliphatic hydroxyl groups excluding tert-OH is 1. The van der Waals surface area contributed by atoms with Gasteiger partial charge < -0.3 is 19.5 Å². The SMILES string of the molecule is CC(C)(C)OC(=O)N1CCCC(CC(C)(C)[Si](C)(C)O)C1CO.